The fraction of sp³-hybridized carbons (Fsp3) is 0.385. The molecule has 2 saturated heterocycles. The number of pyridine rings is 1. The lowest BCUT2D eigenvalue weighted by Crippen LogP contribution is -2.35. The highest BCUT2D eigenvalue weighted by atomic mass is 16.1. The summed E-state index contributed by atoms with van der Waals surface area (Å²) in [4.78, 5) is 18.2. The molecule has 0 amide bonds. The van der Waals surface area contributed by atoms with Crippen LogP contribution in [0.1, 0.15) is 12.0 Å². The predicted molar refractivity (Wildman–Crippen MR) is 61.8 cm³/mol. The van der Waals surface area contributed by atoms with Crippen LogP contribution in [-0.2, 0) is 4.79 Å². The molecule has 1 aromatic rings. The minimum absolute atomic E-state index is 0.289. The summed E-state index contributed by atoms with van der Waals surface area (Å²) in [7, 11) is 0. The third-order valence-electron chi connectivity index (χ3n) is 3.41. The van der Waals surface area contributed by atoms with Gasteiger partial charge < -0.3 is 0 Å². The molecule has 2 bridgehead atoms. The van der Waals surface area contributed by atoms with Crippen LogP contribution >= 0.6 is 0 Å². The predicted octanol–water partition coefficient (Wildman–Crippen LogP) is 1.37. The Hall–Kier alpha value is -1.48. The molecule has 3 heterocycles. The molecule has 2 fully saturated rings. The normalized spacial score (nSPS) is 31.0. The topological polar surface area (TPSA) is 33.2 Å². The van der Waals surface area contributed by atoms with E-state index in [9.17, 15) is 4.79 Å². The van der Waals surface area contributed by atoms with E-state index in [1.54, 1.807) is 6.20 Å². The molecule has 0 radical (unpaired) electrons. The lowest BCUT2D eigenvalue weighted by molar-refractivity contribution is -0.117. The molecule has 0 saturated carbocycles. The lowest BCUT2D eigenvalue weighted by Gasteiger charge is -2.23. The molecule has 0 spiro atoms. The van der Waals surface area contributed by atoms with Crippen LogP contribution < -0.4 is 0 Å². The van der Waals surface area contributed by atoms with Crippen molar-refractivity contribution in [3.63, 3.8) is 0 Å². The van der Waals surface area contributed by atoms with Crippen molar-refractivity contribution < 1.29 is 4.79 Å². The van der Waals surface area contributed by atoms with Crippen molar-refractivity contribution in [2.75, 3.05) is 19.6 Å². The maximum absolute atomic E-state index is 11.9. The van der Waals surface area contributed by atoms with E-state index in [-0.39, 0.29) is 5.78 Å². The van der Waals surface area contributed by atoms with Crippen LogP contribution in [-0.4, -0.2) is 35.3 Å². The number of nitrogens with zero attached hydrogens (tertiary/aromatic N) is 2. The minimum atomic E-state index is 0.289. The fourth-order valence-corrected chi connectivity index (χ4v) is 2.59. The van der Waals surface area contributed by atoms with Gasteiger partial charge in [-0.1, -0.05) is 6.07 Å². The number of Topliss-reactive ketones (excluding diaryl/α,β-unsaturated/α-hetero) is 1. The van der Waals surface area contributed by atoms with Gasteiger partial charge in [-0.2, -0.15) is 0 Å². The first-order valence-electron chi connectivity index (χ1n) is 5.70. The van der Waals surface area contributed by atoms with Crippen LogP contribution in [0.25, 0.3) is 6.08 Å². The first kappa shape index (κ1) is 9.73. The minimum Gasteiger partial charge on any atom is -0.295 e. The zero-order valence-corrected chi connectivity index (χ0v) is 9.10. The number of ketones is 1. The second-order valence-electron chi connectivity index (χ2n) is 4.53. The van der Waals surface area contributed by atoms with Gasteiger partial charge in [0.05, 0.1) is 6.54 Å². The van der Waals surface area contributed by atoms with E-state index in [1.807, 2.05) is 24.4 Å². The van der Waals surface area contributed by atoms with Gasteiger partial charge in [0.2, 0.25) is 0 Å². The van der Waals surface area contributed by atoms with Gasteiger partial charge in [-0.15, -0.1) is 0 Å². The number of hydrogen-bond donors (Lipinski definition) is 0. The van der Waals surface area contributed by atoms with Gasteiger partial charge in [-0.3, -0.25) is 14.7 Å². The summed E-state index contributed by atoms with van der Waals surface area (Å²) in [6.45, 7) is 2.72. The third kappa shape index (κ3) is 1.67. The summed E-state index contributed by atoms with van der Waals surface area (Å²) >= 11 is 0. The van der Waals surface area contributed by atoms with Crippen molar-refractivity contribution in [1.82, 2.24) is 9.88 Å². The van der Waals surface area contributed by atoms with Crippen molar-refractivity contribution in [2.45, 2.75) is 6.42 Å². The van der Waals surface area contributed by atoms with Gasteiger partial charge in [-0.05, 0) is 30.7 Å². The molecule has 2 aliphatic heterocycles. The van der Waals surface area contributed by atoms with Gasteiger partial charge >= 0.3 is 0 Å². The Balaban J connectivity index is 1.93. The number of aromatic nitrogens is 1. The Kier molecular flexibility index (Phi) is 2.33. The van der Waals surface area contributed by atoms with E-state index in [1.165, 1.54) is 0 Å². The molecule has 3 heteroatoms. The fourth-order valence-electron chi connectivity index (χ4n) is 2.59. The molecular weight excluding hydrogens is 200 g/mol. The van der Waals surface area contributed by atoms with Crippen LogP contribution in [0.15, 0.2) is 30.1 Å². The number of carbonyl (C=O) groups is 1. The van der Waals surface area contributed by atoms with Gasteiger partial charge in [0.25, 0.3) is 0 Å². The van der Waals surface area contributed by atoms with E-state index < -0.39 is 0 Å². The standard InChI is InChI=1S/C13H14N2O/c16-13-9-15-5-3-11(8-15)12(13)6-10-2-1-4-14-7-10/h1-2,4,6-7,11H,3,5,8-9H2. The SMILES string of the molecule is O=C1CN2CCC(C2)C1=Cc1cccnc1. The maximum Gasteiger partial charge on any atom is 0.173 e. The number of piperidine rings is 1. The molecule has 82 valence electrons. The molecule has 0 N–H and O–H groups in total. The third-order valence-corrected chi connectivity index (χ3v) is 3.41. The van der Waals surface area contributed by atoms with Crippen molar-refractivity contribution >= 4 is 11.9 Å². The Bertz CT molecular complexity index is 439. The summed E-state index contributed by atoms with van der Waals surface area (Å²) in [6.07, 6.45) is 6.70. The highest BCUT2D eigenvalue weighted by Crippen LogP contribution is 2.30. The summed E-state index contributed by atoms with van der Waals surface area (Å²) in [5, 5.41) is 0. The van der Waals surface area contributed by atoms with Crippen molar-refractivity contribution in [3.8, 4) is 0 Å². The van der Waals surface area contributed by atoms with Crippen LogP contribution in [0, 0.1) is 5.92 Å². The van der Waals surface area contributed by atoms with Gasteiger partial charge in [0.1, 0.15) is 0 Å². The monoisotopic (exact) mass is 214 g/mol. The average Bonchev–Trinajstić information content (AvgIpc) is 2.70. The molecule has 2 unspecified atom stereocenters. The lowest BCUT2D eigenvalue weighted by atomic mass is 9.91. The van der Waals surface area contributed by atoms with Crippen LogP contribution in [0.3, 0.4) is 0 Å². The zero-order chi connectivity index (χ0) is 11.0. The molecule has 0 aliphatic carbocycles. The first-order valence-corrected chi connectivity index (χ1v) is 5.70. The van der Waals surface area contributed by atoms with Gasteiger partial charge in [0, 0.05) is 30.4 Å². The van der Waals surface area contributed by atoms with Gasteiger partial charge in [0.15, 0.2) is 5.78 Å². The maximum atomic E-state index is 11.9. The van der Waals surface area contributed by atoms with E-state index >= 15 is 0 Å². The molecular formula is C13H14N2O. The Morgan fingerprint density at radius 1 is 1.50 bits per heavy atom. The Labute approximate surface area is 94.8 Å². The highest BCUT2D eigenvalue weighted by Gasteiger charge is 2.35. The van der Waals surface area contributed by atoms with E-state index in [0.717, 1.165) is 30.6 Å². The molecule has 3 nitrogen and oxygen atoms in total. The van der Waals surface area contributed by atoms with Crippen molar-refractivity contribution in [2.24, 2.45) is 5.92 Å². The first-order chi connectivity index (χ1) is 7.83. The van der Waals surface area contributed by atoms with E-state index in [0.29, 0.717) is 12.5 Å². The molecule has 3 rings (SSSR count). The molecule has 0 aromatic carbocycles. The van der Waals surface area contributed by atoms with Crippen LogP contribution in [0.2, 0.25) is 0 Å². The van der Waals surface area contributed by atoms with Gasteiger partial charge in [-0.25, -0.2) is 0 Å². The summed E-state index contributed by atoms with van der Waals surface area (Å²) in [6, 6.07) is 3.90. The quantitative estimate of drug-likeness (QED) is 0.662. The molecule has 2 aliphatic rings. The number of fused-ring (bicyclic) bond motifs is 2. The largest absolute Gasteiger partial charge is 0.295 e. The molecule has 2 atom stereocenters. The number of carbonyl (C=O) groups excluding carboxylic acids is 1. The highest BCUT2D eigenvalue weighted by molar-refractivity contribution is 6.02. The van der Waals surface area contributed by atoms with Crippen LogP contribution in [0.4, 0.5) is 0 Å². The van der Waals surface area contributed by atoms with E-state index in [4.69, 9.17) is 0 Å². The average molecular weight is 214 g/mol. The molecule has 16 heavy (non-hydrogen) atoms. The number of rotatable bonds is 1. The van der Waals surface area contributed by atoms with Crippen molar-refractivity contribution in [1.29, 1.82) is 0 Å². The summed E-state index contributed by atoms with van der Waals surface area (Å²) in [5.74, 6) is 0.735. The van der Waals surface area contributed by atoms with E-state index in [2.05, 4.69) is 9.88 Å². The Morgan fingerprint density at radius 2 is 2.44 bits per heavy atom. The van der Waals surface area contributed by atoms with Crippen LogP contribution in [0.5, 0.6) is 0 Å². The zero-order valence-electron chi connectivity index (χ0n) is 9.10. The second kappa shape index (κ2) is 3.83. The summed E-state index contributed by atoms with van der Waals surface area (Å²) < 4.78 is 0. The van der Waals surface area contributed by atoms with Crippen molar-refractivity contribution in [3.05, 3.63) is 35.7 Å². The second-order valence-corrected chi connectivity index (χ2v) is 4.53. The summed E-state index contributed by atoms with van der Waals surface area (Å²) in [5.41, 5.74) is 2.04. The smallest absolute Gasteiger partial charge is 0.173 e. The number of hydrogen-bond acceptors (Lipinski definition) is 3. The molecule has 1 aromatic heterocycles. The Morgan fingerprint density at radius 3 is 3.25 bits per heavy atom.